The third kappa shape index (κ3) is 5.03. The Bertz CT molecular complexity index is 843. The van der Waals surface area contributed by atoms with E-state index >= 15 is 0 Å². The SMILES string of the molecule is c1ccc2nc(N3CCCCC3)c(CNCC(C3CCOC3)N3CCOCC3)cc2c1. The Morgan fingerprint density at radius 2 is 1.84 bits per heavy atom. The Kier molecular flexibility index (Phi) is 6.99. The molecule has 1 N–H and O–H groups in total. The second kappa shape index (κ2) is 10.3. The van der Waals surface area contributed by atoms with Crippen molar-refractivity contribution in [3.05, 3.63) is 35.9 Å². The summed E-state index contributed by atoms with van der Waals surface area (Å²) in [7, 11) is 0. The number of aromatic nitrogens is 1. The fourth-order valence-corrected chi connectivity index (χ4v) is 5.37. The summed E-state index contributed by atoms with van der Waals surface area (Å²) in [5, 5.41) is 5.05. The van der Waals surface area contributed by atoms with Crippen LogP contribution in [0.5, 0.6) is 0 Å². The normalized spacial score (nSPS) is 24.0. The molecule has 6 heteroatoms. The average molecular weight is 425 g/mol. The summed E-state index contributed by atoms with van der Waals surface area (Å²) >= 11 is 0. The summed E-state index contributed by atoms with van der Waals surface area (Å²) in [6.45, 7) is 9.62. The van der Waals surface area contributed by atoms with Crippen molar-refractivity contribution in [2.24, 2.45) is 5.92 Å². The molecule has 1 aromatic carbocycles. The standard InChI is InChI=1S/C25H36N4O2/c1-4-9-29(10-5-1)25-22(16-20-6-2-3-7-23(20)27-25)17-26-18-24(21-8-13-31-19-21)28-11-14-30-15-12-28/h2-3,6-7,16,21,24,26H,1,4-5,8-15,17-19H2. The Labute approximate surface area is 185 Å². The lowest BCUT2D eigenvalue weighted by molar-refractivity contribution is 0.00137. The smallest absolute Gasteiger partial charge is 0.133 e. The number of fused-ring (bicyclic) bond motifs is 1. The van der Waals surface area contributed by atoms with Crippen LogP contribution in [-0.4, -0.2) is 75.1 Å². The van der Waals surface area contributed by atoms with Gasteiger partial charge in [-0.2, -0.15) is 0 Å². The molecule has 5 rings (SSSR count). The first-order chi connectivity index (χ1) is 15.4. The van der Waals surface area contributed by atoms with Crippen molar-refractivity contribution in [2.45, 2.75) is 38.3 Å². The highest BCUT2D eigenvalue weighted by Gasteiger charge is 2.31. The number of benzene rings is 1. The van der Waals surface area contributed by atoms with E-state index < -0.39 is 0 Å². The van der Waals surface area contributed by atoms with Crippen LogP contribution < -0.4 is 10.2 Å². The number of ether oxygens (including phenoxy) is 2. The van der Waals surface area contributed by atoms with Crippen LogP contribution in [0.25, 0.3) is 10.9 Å². The number of nitrogens with one attached hydrogen (secondary N) is 1. The molecule has 0 saturated carbocycles. The molecule has 1 aromatic heterocycles. The first kappa shape index (κ1) is 21.1. The number of hydrogen-bond acceptors (Lipinski definition) is 6. The second-order valence-corrected chi connectivity index (χ2v) is 9.18. The number of morpholine rings is 1. The van der Waals surface area contributed by atoms with Gasteiger partial charge >= 0.3 is 0 Å². The summed E-state index contributed by atoms with van der Waals surface area (Å²) in [5.41, 5.74) is 2.42. The molecule has 6 nitrogen and oxygen atoms in total. The summed E-state index contributed by atoms with van der Waals surface area (Å²) in [4.78, 5) is 10.2. The van der Waals surface area contributed by atoms with Gasteiger partial charge in [0, 0.05) is 68.8 Å². The van der Waals surface area contributed by atoms with E-state index in [1.54, 1.807) is 0 Å². The topological polar surface area (TPSA) is 49.9 Å². The minimum absolute atomic E-state index is 0.512. The van der Waals surface area contributed by atoms with Gasteiger partial charge in [-0.25, -0.2) is 4.98 Å². The van der Waals surface area contributed by atoms with Crippen LogP contribution in [0.2, 0.25) is 0 Å². The fourth-order valence-electron chi connectivity index (χ4n) is 5.37. The zero-order valence-electron chi connectivity index (χ0n) is 18.6. The number of anilines is 1. The third-order valence-electron chi connectivity index (χ3n) is 7.13. The van der Waals surface area contributed by atoms with Crippen molar-refractivity contribution in [1.82, 2.24) is 15.2 Å². The molecular weight excluding hydrogens is 388 g/mol. The first-order valence-electron chi connectivity index (χ1n) is 12.1. The predicted molar refractivity (Wildman–Crippen MR) is 125 cm³/mol. The maximum absolute atomic E-state index is 5.74. The highest BCUT2D eigenvalue weighted by atomic mass is 16.5. The molecule has 0 amide bonds. The predicted octanol–water partition coefficient (Wildman–Crippen LogP) is 3.05. The maximum Gasteiger partial charge on any atom is 0.133 e. The third-order valence-corrected chi connectivity index (χ3v) is 7.13. The molecule has 3 aliphatic heterocycles. The molecule has 2 atom stereocenters. The van der Waals surface area contributed by atoms with Gasteiger partial charge in [-0.1, -0.05) is 18.2 Å². The van der Waals surface area contributed by atoms with Crippen LogP contribution in [-0.2, 0) is 16.0 Å². The minimum atomic E-state index is 0.512. The maximum atomic E-state index is 5.74. The van der Waals surface area contributed by atoms with Gasteiger partial charge in [0.2, 0.25) is 0 Å². The number of piperidine rings is 1. The molecule has 168 valence electrons. The van der Waals surface area contributed by atoms with Crippen molar-refractivity contribution in [1.29, 1.82) is 0 Å². The summed E-state index contributed by atoms with van der Waals surface area (Å²) in [6.07, 6.45) is 5.03. The van der Waals surface area contributed by atoms with E-state index in [4.69, 9.17) is 14.5 Å². The molecule has 3 fully saturated rings. The zero-order chi connectivity index (χ0) is 20.9. The van der Waals surface area contributed by atoms with Gasteiger partial charge in [-0.3, -0.25) is 4.90 Å². The van der Waals surface area contributed by atoms with Crippen molar-refractivity contribution in [3.8, 4) is 0 Å². The number of nitrogens with zero attached hydrogens (tertiary/aromatic N) is 3. The monoisotopic (exact) mass is 424 g/mol. The van der Waals surface area contributed by atoms with Gasteiger partial charge in [0.1, 0.15) is 5.82 Å². The largest absolute Gasteiger partial charge is 0.381 e. The van der Waals surface area contributed by atoms with Crippen molar-refractivity contribution < 1.29 is 9.47 Å². The van der Waals surface area contributed by atoms with Crippen LogP contribution >= 0.6 is 0 Å². The molecule has 3 saturated heterocycles. The summed E-state index contributed by atoms with van der Waals surface area (Å²) in [5.74, 6) is 1.79. The number of para-hydroxylation sites is 1. The van der Waals surface area contributed by atoms with Crippen molar-refractivity contribution in [3.63, 3.8) is 0 Å². The summed E-state index contributed by atoms with van der Waals surface area (Å²) < 4.78 is 11.3. The van der Waals surface area contributed by atoms with E-state index in [0.29, 0.717) is 12.0 Å². The van der Waals surface area contributed by atoms with Crippen LogP contribution in [0, 0.1) is 5.92 Å². The molecular formula is C25H36N4O2. The highest BCUT2D eigenvalue weighted by molar-refractivity contribution is 5.81. The highest BCUT2D eigenvalue weighted by Crippen LogP contribution is 2.27. The number of pyridine rings is 1. The number of hydrogen-bond donors (Lipinski definition) is 1. The van der Waals surface area contributed by atoms with Gasteiger partial charge in [-0.05, 0) is 37.8 Å². The molecule has 0 radical (unpaired) electrons. The van der Waals surface area contributed by atoms with Crippen molar-refractivity contribution >= 4 is 16.7 Å². The Hall–Kier alpha value is -1.73. The van der Waals surface area contributed by atoms with E-state index in [1.165, 1.54) is 42.5 Å². The molecule has 3 aliphatic rings. The van der Waals surface area contributed by atoms with Crippen LogP contribution in [0.3, 0.4) is 0 Å². The van der Waals surface area contributed by atoms with E-state index in [-0.39, 0.29) is 0 Å². The lowest BCUT2D eigenvalue weighted by atomic mass is 9.96. The fraction of sp³-hybridized carbons (Fsp3) is 0.640. The Morgan fingerprint density at radius 3 is 2.65 bits per heavy atom. The second-order valence-electron chi connectivity index (χ2n) is 9.18. The van der Waals surface area contributed by atoms with Crippen LogP contribution in [0.15, 0.2) is 30.3 Å². The zero-order valence-corrected chi connectivity index (χ0v) is 18.6. The Balaban J connectivity index is 1.32. The van der Waals surface area contributed by atoms with Gasteiger partial charge < -0.3 is 19.7 Å². The lowest BCUT2D eigenvalue weighted by Crippen LogP contribution is -2.51. The van der Waals surface area contributed by atoms with E-state index in [1.807, 2.05) is 0 Å². The first-order valence-corrected chi connectivity index (χ1v) is 12.1. The molecule has 4 heterocycles. The van der Waals surface area contributed by atoms with Gasteiger partial charge in [0.25, 0.3) is 0 Å². The molecule has 2 unspecified atom stereocenters. The van der Waals surface area contributed by atoms with E-state index in [9.17, 15) is 0 Å². The van der Waals surface area contributed by atoms with Crippen molar-refractivity contribution in [2.75, 3.05) is 64.1 Å². The summed E-state index contributed by atoms with van der Waals surface area (Å²) in [6, 6.07) is 11.4. The quantitative estimate of drug-likeness (QED) is 0.737. The van der Waals surface area contributed by atoms with E-state index in [2.05, 4.69) is 45.4 Å². The Morgan fingerprint density at radius 1 is 1.00 bits per heavy atom. The molecule has 31 heavy (non-hydrogen) atoms. The van der Waals surface area contributed by atoms with Gasteiger partial charge in [0.05, 0.1) is 25.3 Å². The number of rotatable bonds is 7. The van der Waals surface area contributed by atoms with Crippen LogP contribution in [0.4, 0.5) is 5.82 Å². The van der Waals surface area contributed by atoms with Gasteiger partial charge in [-0.15, -0.1) is 0 Å². The van der Waals surface area contributed by atoms with Gasteiger partial charge in [0.15, 0.2) is 0 Å². The lowest BCUT2D eigenvalue weighted by Gasteiger charge is -2.37. The minimum Gasteiger partial charge on any atom is -0.381 e. The molecule has 2 aromatic rings. The molecule has 0 bridgehead atoms. The van der Waals surface area contributed by atoms with E-state index in [0.717, 1.165) is 71.2 Å². The van der Waals surface area contributed by atoms with Crippen LogP contribution in [0.1, 0.15) is 31.2 Å². The molecule has 0 aliphatic carbocycles. The molecule has 0 spiro atoms. The average Bonchev–Trinajstić information content (AvgIpc) is 3.37.